The number of thioether (sulfide) groups is 1. The van der Waals surface area contributed by atoms with Gasteiger partial charge in [-0.2, -0.15) is 11.8 Å². The minimum Gasteiger partial charge on any atom is -0.489 e. The number of hydrogen-bond acceptors (Lipinski definition) is 4. The number of rotatable bonds is 5. The van der Waals surface area contributed by atoms with Gasteiger partial charge in [-0.1, -0.05) is 12.1 Å². The fourth-order valence-electron chi connectivity index (χ4n) is 2.47. The fraction of sp³-hybridized carbons (Fsp3) is 0.600. The molecular formula is C15H22N2OS. The van der Waals surface area contributed by atoms with Gasteiger partial charge in [0.1, 0.15) is 11.9 Å². The molecule has 4 heteroatoms. The predicted octanol–water partition coefficient (Wildman–Crippen LogP) is 1.63. The smallest absolute Gasteiger partial charge is 0.120 e. The highest BCUT2D eigenvalue weighted by atomic mass is 32.2. The molecule has 1 aromatic carbocycles. The summed E-state index contributed by atoms with van der Waals surface area (Å²) in [5.74, 6) is 3.33. The van der Waals surface area contributed by atoms with Crippen LogP contribution in [-0.4, -0.2) is 55.2 Å². The van der Waals surface area contributed by atoms with Crippen LogP contribution in [0.1, 0.15) is 5.56 Å². The first-order valence-corrected chi connectivity index (χ1v) is 8.32. The second kappa shape index (κ2) is 6.64. The van der Waals surface area contributed by atoms with Gasteiger partial charge < -0.3 is 15.0 Å². The minimum atomic E-state index is 0.438. The van der Waals surface area contributed by atoms with Crippen molar-refractivity contribution >= 4 is 11.8 Å². The summed E-state index contributed by atoms with van der Waals surface area (Å²) in [6.07, 6.45) is 1.56. The highest BCUT2D eigenvalue weighted by Crippen LogP contribution is 2.24. The van der Waals surface area contributed by atoms with Crippen LogP contribution in [0.3, 0.4) is 0 Å². The molecule has 0 amide bonds. The van der Waals surface area contributed by atoms with Gasteiger partial charge in [0, 0.05) is 44.2 Å². The first kappa shape index (κ1) is 13.3. The lowest BCUT2D eigenvalue weighted by atomic mass is 10.1. The molecule has 2 aliphatic heterocycles. The number of benzene rings is 1. The van der Waals surface area contributed by atoms with E-state index in [-0.39, 0.29) is 0 Å². The van der Waals surface area contributed by atoms with Crippen molar-refractivity contribution in [1.29, 1.82) is 0 Å². The molecular weight excluding hydrogens is 256 g/mol. The molecule has 1 N–H and O–H groups in total. The highest BCUT2D eigenvalue weighted by Gasteiger charge is 2.19. The van der Waals surface area contributed by atoms with Gasteiger partial charge in [0.25, 0.3) is 0 Å². The summed E-state index contributed by atoms with van der Waals surface area (Å²) in [6, 6.07) is 8.63. The molecule has 2 aliphatic rings. The third-order valence-electron chi connectivity index (χ3n) is 3.74. The van der Waals surface area contributed by atoms with Crippen molar-refractivity contribution in [2.24, 2.45) is 0 Å². The Morgan fingerprint density at radius 1 is 1.26 bits per heavy atom. The molecule has 2 fully saturated rings. The highest BCUT2D eigenvalue weighted by molar-refractivity contribution is 8.00. The maximum atomic E-state index is 5.94. The average molecular weight is 278 g/mol. The molecule has 0 bridgehead atoms. The fourth-order valence-corrected chi connectivity index (χ4v) is 3.04. The van der Waals surface area contributed by atoms with Gasteiger partial charge in [-0.05, 0) is 24.1 Å². The third kappa shape index (κ3) is 3.88. The topological polar surface area (TPSA) is 24.5 Å². The Morgan fingerprint density at radius 2 is 2.11 bits per heavy atom. The van der Waals surface area contributed by atoms with Crippen LogP contribution in [0.4, 0.5) is 0 Å². The lowest BCUT2D eigenvalue weighted by Gasteiger charge is -2.27. The van der Waals surface area contributed by atoms with Crippen LogP contribution in [0.15, 0.2) is 24.3 Å². The van der Waals surface area contributed by atoms with Crippen molar-refractivity contribution in [2.45, 2.75) is 12.5 Å². The zero-order chi connectivity index (χ0) is 12.9. The van der Waals surface area contributed by atoms with E-state index in [0.29, 0.717) is 6.10 Å². The van der Waals surface area contributed by atoms with E-state index in [4.69, 9.17) is 4.74 Å². The first-order valence-electron chi connectivity index (χ1n) is 7.16. The van der Waals surface area contributed by atoms with Crippen LogP contribution >= 0.6 is 11.8 Å². The second-order valence-electron chi connectivity index (χ2n) is 5.27. The van der Waals surface area contributed by atoms with Gasteiger partial charge in [0.15, 0.2) is 0 Å². The third-order valence-corrected chi connectivity index (χ3v) is 4.95. The summed E-state index contributed by atoms with van der Waals surface area (Å²) < 4.78 is 5.94. The summed E-state index contributed by atoms with van der Waals surface area (Å²) in [5.41, 5.74) is 1.39. The molecule has 0 radical (unpaired) electrons. The SMILES string of the molecule is c1cc(CCN2CCNCC2)cc(OC2CSC2)c1. The second-order valence-corrected chi connectivity index (χ2v) is 6.34. The largest absolute Gasteiger partial charge is 0.489 e. The van der Waals surface area contributed by atoms with Crippen molar-refractivity contribution in [3.8, 4) is 5.75 Å². The predicted molar refractivity (Wildman–Crippen MR) is 81.2 cm³/mol. The molecule has 3 rings (SSSR count). The standard InChI is InChI=1S/C15H22N2OS/c1-2-13(4-7-17-8-5-16-6-9-17)10-14(3-1)18-15-11-19-12-15/h1-3,10,15-16H,4-9,11-12H2. The molecule has 0 saturated carbocycles. The monoisotopic (exact) mass is 278 g/mol. The number of piperazine rings is 1. The molecule has 19 heavy (non-hydrogen) atoms. The summed E-state index contributed by atoms with van der Waals surface area (Å²) in [6.45, 7) is 5.76. The molecule has 0 unspecified atom stereocenters. The molecule has 104 valence electrons. The Kier molecular flexibility index (Phi) is 4.64. The molecule has 3 nitrogen and oxygen atoms in total. The zero-order valence-electron chi connectivity index (χ0n) is 11.3. The Balaban J connectivity index is 1.50. The van der Waals surface area contributed by atoms with E-state index in [1.807, 2.05) is 11.8 Å². The Bertz CT molecular complexity index is 403. The average Bonchev–Trinajstić information content (AvgIpc) is 2.42. The molecule has 2 saturated heterocycles. The van der Waals surface area contributed by atoms with Crippen LogP contribution in [0.2, 0.25) is 0 Å². The maximum Gasteiger partial charge on any atom is 0.120 e. The molecule has 1 aromatic rings. The van der Waals surface area contributed by atoms with Crippen LogP contribution in [0.25, 0.3) is 0 Å². The van der Waals surface area contributed by atoms with E-state index in [9.17, 15) is 0 Å². The van der Waals surface area contributed by atoms with Crippen LogP contribution in [-0.2, 0) is 6.42 Å². The van der Waals surface area contributed by atoms with Crippen LogP contribution in [0, 0.1) is 0 Å². The number of hydrogen-bond donors (Lipinski definition) is 1. The molecule has 0 aromatic heterocycles. The lowest BCUT2D eigenvalue weighted by molar-refractivity contribution is 0.238. The Labute approximate surface area is 119 Å². The van der Waals surface area contributed by atoms with E-state index in [2.05, 4.69) is 34.5 Å². The summed E-state index contributed by atoms with van der Waals surface area (Å²) in [4.78, 5) is 2.53. The first-order chi connectivity index (χ1) is 9.40. The number of nitrogens with zero attached hydrogens (tertiary/aromatic N) is 1. The van der Waals surface area contributed by atoms with E-state index >= 15 is 0 Å². The minimum absolute atomic E-state index is 0.438. The molecule has 0 aliphatic carbocycles. The van der Waals surface area contributed by atoms with Crippen molar-refractivity contribution in [3.63, 3.8) is 0 Å². The van der Waals surface area contributed by atoms with Gasteiger partial charge in [-0.25, -0.2) is 0 Å². The van der Waals surface area contributed by atoms with Crippen molar-refractivity contribution in [3.05, 3.63) is 29.8 Å². The van der Waals surface area contributed by atoms with Crippen LogP contribution in [0.5, 0.6) is 5.75 Å². The maximum absolute atomic E-state index is 5.94. The van der Waals surface area contributed by atoms with Gasteiger partial charge in [0.05, 0.1) is 0 Å². The Hall–Kier alpha value is -0.710. The van der Waals surface area contributed by atoms with Gasteiger partial charge >= 0.3 is 0 Å². The van der Waals surface area contributed by atoms with E-state index in [0.717, 1.165) is 43.3 Å². The normalized spacial score (nSPS) is 21.1. The molecule has 0 atom stereocenters. The number of nitrogens with one attached hydrogen (secondary N) is 1. The van der Waals surface area contributed by atoms with Gasteiger partial charge in [-0.3, -0.25) is 0 Å². The summed E-state index contributed by atoms with van der Waals surface area (Å²) in [7, 11) is 0. The summed E-state index contributed by atoms with van der Waals surface area (Å²) in [5, 5.41) is 3.39. The van der Waals surface area contributed by atoms with Crippen molar-refractivity contribution in [2.75, 3.05) is 44.2 Å². The van der Waals surface area contributed by atoms with E-state index in [1.54, 1.807) is 0 Å². The Morgan fingerprint density at radius 3 is 2.84 bits per heavy atom. The lowest BCUT2D eigenvalue weighted by Crippen LogP contribution is -2.44. The number of ether oxygens (including phenoxy) is 1. The van der Waals surface area contributed by atoms with E-state index in [1.165, 1.54) is 18.7 Å². The quantitative estimate of drug-likeness (QED) is 0.885. The van der Waals surface area contributed by atoms with Gasteiger partial charge in [-0.15, -0.1) is 0 Å². The van der Waals surface area contributed by atoms with Crippen LogP contribution < -0.4 is 10.1 Å². The van der Waals surface area contributed by atoms with Crippen molar-refractivity contribution in [1.82, 2.24) is 10.2 Å². The summed E-state index contributed by atoms with van der Waals surface area (Å²) >= 11 is 1.96. The van der Waals surface area contributed by atoms with Gasteiger partial charge in [0.2, 0.25) is 0 Å². The zero-order valence-corrected chi connectivity index (χ0v) is 12.1. The molecule has 0 spiro atoms. The molecule has 2 heterocycles. The van der Waals surface area contributed by atoms with Crippen molar-refractivity contribution < 1.29 is 4.74 Å². The van der Waals surface area contributed by atoms with E-state index < -0.39 is 0 Å².